The second-order valence-electron chi connectivity index (χ2n) is 9.94. The largest absolute Gasteiger partial charge is 0.481 e. The van der Waals surface area contributed by atoms with Gasteiger partial charge in [-0.05, 0) is 12.3 Å². The van der Waals surface area contributed by atoms with Crippen molar-refractivity contribution >= 4 is 41.5 Å². The lowest BCUT2D eigenvalue weighted by Gasteiger charge is -2.19. The van der Waals surface area contributed by atoms with Crippen molar-refractivity contribution in [1.29, 1.82) is 0 Å². The predicted octanol–water partition coefficient (Wildman–Crippen LogP) is -5.05. The van der Waals surface area contributed by atoms with Crippen molar-refractivity contribution in [2.24, 2.45) is 28.3 Å². The maximum absolute atomic E-state index is 12.5. The Morgan fingerprint density at radius 2 is 1.37 bits per heavy atom. The molecule has 234 valence electrons. The molecule has 3 atom stereocenters. The summed E-state index contributed by atoms with van der Waals surface area (Å²) in [4.78, 5) is 75.3. The zero-order chi connectivity index (χ0) is 31.5. The molecule has 0 aliphatic rings. The molecule has 0 aromatic carbocycles. The zero-order valence-corrected chi connectivity index (χ0v) is 24.2. The third kappa shape index (κ3) is 17.3. The van der Waals surface area contributed by atoms with E-state index in [0.29, 0.717) is 0 Å². The number of quaternary nitrogens is 1. The summed E-state index contributed by atoms with van der Waals surface area (Å²) < 4.78 is 0. The summed E-state index contributed by atoms with van der Waals surface area (Å²) in [6.45, 7) is 7.22. The lowest BCUT2D eigenvalue weighted by Crippen LogP contribution is -2.70. The summed E-state index contributed by atoms with van der Waals surface area (Å²) in [6.07, 6.45) is -0.523. The van der Waals surface area contributed by atoms with Crippen LogP contribution in [0.5, 0.6) is 0 Å². The second kappa shape index (κ2) is 20.0. The monoisotopic (exact) mass is 587 g/mol. The number of guanidine groups is 1. The number of carbonyl (C=O) groups excluding carboxylic acids is 5. The first-order chi connectivity index (χ1) is 19.1. The van der Waals surface area contributed by atoms with Crippen LogP contribution in [0.25, 0.3) is 0 Å². The van der Waals surface area contributed by atoms with Crippen LogP contribution in [0.15, 0.2) is 4.99 Å². The molecule has 0 heterocycles. The maximum Gasteiger partial charge on any atom is 0.303 e. The van der Waals surface area contributed by atoms with Crippen LogP contribution in [-0.2, 0) is 28.8 Å². The zero-order valence-electron chi connectivity index (χ0n) is 24.2. The van der Waals surface area contributed by atoms with E-state index in [1.165, 1.54) is 0 Å². The van der Waals surface area contributed by atoms with E-state index in [2.05, 4.69) is 42.6 Å². The van der Waals surface area contributed by atoms with Gasteiger partial charge in [0, 0.05) is 32.0 Å². The first-order valence-corrected chi connectivity index (χ1v) is 13.4. The maximum atomic E-state index is 12.5. The third-order valence-corrected chi connectivity index (χ3v) is 5.75. The van der Waals surface area contributed by atoms with Gasteiger partial charge < -0.3 is 54.2 Å². The first kappa shape index (κ1) is 37.0. The molecule has 5 amide bonds. The quantitative estimate of drug-likeness (QED) is 0.0390. The van der Waals surface area contributed by atoms with Gasteiger partial charge >= 0.3 is 5.97 Å². The number of rotatable bonds is 19. The number of aliphatic imine (C=N–C) groups is 1. The number of hydrogen-bond acceptors (Lipinski definition) is 8. The topological polar surface area (TPSA) is 287 Å². The fourth-order valence-corrected chi connectivity index (χ4v) is 2.96. The number of hydrogen-bond donors (Lipinski definition) is 10. The van der Waals surface area contributed by atoms with E-state index >= 15 is 0 Å². The number of aliphatic carboxylic acids is 1. The van der Waals surface area contributed by atoms with Crippen LogP contribution in [0.1, 0.15) is 40.5 Å². The smallest absolute Gasteiger partial charge is 0.303 e. The molecule has 17 nitrogen and oxygen atoms in total. The van der Waals surface area contributed by atoms with Crippen LogP contribution in [0.2, 0.25) is 0 Å². The highest BCUT2D eigenvalue weighted by Gasteiger charge is 2.23. The van der Waals surface area contributed by atoms with Crippen LogP contribution in [0, 0.1) is 11.8 Å². The first-order valence-electron chi connectivity index (χ1n) is 13.4. The van der Waals surface area contributed by atoms with E-state index in [9.17, 15) is 28.8 Å². The Balaban J connectivity index is 4.46. The van der Waals surface area contributed by atoms with Gasteiger partial charge in [0.05, 0.1) is 25.7 Å². The van der Waals surface area contributed by atoms with Gasteiger partial charge in [-0.1, -0.05) is 27.7 Å². The van der Waals surface area contributed by atoms with Gasteiger partial charge in [0.1, 0.15) is 6.04 Å². The van der Waals surface area contributed by atoms with Crippen molar-refractivity contribution in [2.45, 2.75) is 58.7 Å². The highest BCUT2D eigenvalue weighted by Crippen LogP contribution is 2.00. The van der Waals surface area contributed by atoms with Gasteiger partial charge in [-0.2, -0.15) is 0 Å². The van der Waals surface area contributed by atoms with E-state index in [1.54, 1.807) is 13.8 Å². The van der Waals surface area contributed by atoms with E-state index in [-0.39, 0.29) is 75.2 Å². The van der Waals surface area contributed by atoms with E-state index in [1.807, 2.05) is 13.8 Å². The minimum Gasteiger partial charge on any atom is -0.481 e. The van der Waals surface area contributed by atoms with E-state index < -0.39 is 48.4 Å². The molecule has 0 rings (SSSR count). The lowest BCUT2D eigenvalue weighted by atomic mass is 10.1. The molecule has 41 heavy (non-hydrogen) atoms. The van der Waals surface area contributed by atoms with Gasteiger partial charge in [-0.3, -0.25) is 33.8 Å². The number of nitrogens with one attached hydrogen (secondary N) is 6. The molecule has 0 spiro atoms. The minimum absolute atomic E-state index is 0.0515. The molecule has 0 bridgehead atoms. The molecule has 0 aliphatic heterocycles. The van der Waals surface area contributed by atoms with E-state index in [4.69, 9.17) is 16.6 Å². The SMILES string of the molecule is CC(C)[C@H](N)C(=O)NCC(=O)N[C@@H](CCC(=O)O)C(=O)NCCNC(N)=NCCNC(=O)CNC(=O)[C@@H]([NH3+])C(C)C. The summed E-state index contributed by atoms with van der Waals surface area (Å²) in [5.41, 5.74) is 15.2. The Morgan fingerprint density at radius 1 is 0.780 bits per heavy atom. The molecule has 14 N–H and O–H groups in total. The van der Waals surface area contributed by atoms with E-state index in [0.717, 1.165) is 0 Å². The molecular formula is C24H47N10O7+. The fourth-order valence-electron chi connectivity index (χ4n) is 2.96. The molecule has 0 aliphatic carbocycles. The number of carboxylic acids is 1. The summed E-state index contributed by atoms with van der Waals surface area (Å²) in [5, 5.41) is 24.2. The van der Waals surface area contributed by atoms with Crippen molar-refractivity contribution < 1.29 is 39.6 Å². The molecule has 0 aromatic rings. The number of carbonyl (C=O) groups is 6. The van der Waals surface area contributed by atoms with Crippen molar-refractivity contribution in [3.63, 3.8) is 0 Å². The van der Waals surface area contributed by atoms with Gasteiger partial charge in [-0.25, -0.2) is 0 Å². The molecule has 0 unspecified atom stereocenters. The molecule has 0 fully saturated rings. The molecule has 0 aromatic heterocycles. The normalized spacial score (nSPS) is 13.5. The lowest BCUT2D eigenvalue weighted by molar-refractivity contribution is -0.414. The number of amides is 5. The predicted molar refractivity (Wildman–Crippen MR) is 150 cm³/mol. The van der Waals surface area contributed by atoms with Crippen LogP contribution >= 0.6 is 0 Å². The Kier molecular flexibility index (Phi) is 18.0. The Hall–Kier alpha value is -3.99. The van der Waals surface area contributed by atoms with Crippen molar-refractivity contribution in [3.05, 3.63) is 0 Å². The van der Waals surface area contributed by atoms with Crippen molar-refractivity contribution in [3.8, 4) is 0 Å². The molecule has 0 radical (unpaired) electrons. The summed E-state index contributed by atoms with van der Waals surface area (Å²) in [6, 6.07) is -2.39. The fraction of sp³-hybridized carbons (Fsp3) is 0.708. The highest BCUT2D eigenvalue weighted by molar-refractivity contribution is 5.91. The molecule has 0 saturated heterocycles. The van der Waals surface area contributed by atoms with Crippen molar-refractivity contribution in [2.75, 3.05) is 39.3 Å². The highest BCUT2D eigenvalue weighted by atomic mass is 16.4. The van der Waals surface area contributed by atoms with Gasteiger partial charge in [0.25, 0.3) is 5.91 Å². The number of nitrogens with two attached hydrogens (primary N) is 2. The van der Waals surface area contributed by atoms with Crippen LogP contribution in [0.3, 0.4) is 0 Å². The molecule has 0 saturated carbocycles. The summed E-state index contributed by atoms with van der Waals surface area (Å²) in [7, 11) is 0. The minimum atomic E-state index is -1.14. The third-order valence-electron chi connectivity index (χ3n) is 5.75. The summed E-state index contributed by atoms with van der Waals surface area (Å²) in [5.74, 6) is -3.67. The van der Waals surface area contributed by atoms with Gasteiger partial charge in [0.2, 0.25) is 23.6 Å². The van der Waals surface area contributed by atoms with Gasteiger partial charge in [-0.15, -0.1) is 0 Å². The van der Waals surface area contributed by atoms with Crippen molar-refractivity contribution in [1.82, 2.24) is 31.9 Å². The molecular weight excluding hydrogens is 540 g/mol. The average Bonchev–Trinajstić information content (AvgIpc) is 2.91. The van der Waals surface area contributed by atoms with Crippen LogP contribution < -0.4 is 49.1 Å². The number of nitrogens with zero attached hydrogens (tertiary/aromatic N) is 1. The molecule has 17 heteroatoms. The Bertz CT molecular complexity index is 926. The Labute approximate surface area is 239 Å². The average molecular weight is 588 g/mol. The van der Waals surface area contributed by atoms with Crippen LogP contribution in [0.4, 0.5) is 0 Å². The van der Waals surface area contributed by atoms with Gasteiger partial charge in [0.15, 0.2) is 12.0 Å². The van der Waals surface area contributed by atoms with Crippen LogP contribution in [-0.4, -0.2) is 104 Å². The second-order valence-corrected chi connectivity index (χ2v) is 9.94. The summed E-state index contributed by atoms with van der Waals surface area (Å²) >= 11 is 0. The number of carboxylic acid groups (broad SMARTS) is 1. The standard InChI is InChI=1S/C24H46N10O7/c1-13(2)19(25)22(40)32-11-16(35)28-7-9-30-24(27)31-10-8-29-21(39)15(5-6-18(37)38)34-17(36)12-33-23(41)20(26)14(3)4/h13-15,19-20H,5-12,25-26H2,1-4H3,(H,28,35)(H,29,39)(H,32,40)(H,33,41)(H,34,36)(H,37,38)(H3,27,30,31)/p+1/t15-,19-,20-/m0/s1. The Morgan fingerprint density at radius 3 is 1.95 bits per heavy atom.